The molecule has 0 heterocycles. The summed E-state index contributed by atoms with van der Waals surface area (Å²) in [5.74, 6) is -1.32. The molecule has 2 N–H and O–H groups in total. The van der Waals surface area contributed by atoms with Gasteiger partial charge >= 0.3 is 6.36 Å². The van der Waals surface area contributed by atoms with Crippen LogP contribution >= 0.6 is 11.6 Å². The molecule has 0 aliphatic rings. The minimum absolute atomic E-state index is 0.0192. The highest BCUT2D eigenvalue weighted by molar-refractivity contribution is 6.34. The van der Waals surface area contributed by atoms with Crippen LogP contribution in [0.2, 0.25) is 5.02 Å². The third-order valence-electron chi connectivity index (χ3n) is 1.65. The lowest BCUT2D eigenvalue weighted by atomic mass is 10.1. The van der Waals surface area contributed by atoms with Gasteiger partial charge in [0.1, 0.15) is 5.75 Å². The number of ether oxygens (including phenoxy) is 1. The van der Waals surface area contributed by atoms with E-state index in [1.54, 1.807) is 0 Å². The maximum Gasteiger partial charge on any atom is 0.573 e. The van der Waals surface area contributed by atoms with Gasteiger partial charge < -0.3 is 10.5 Å². The van der Waals surface area contributed by atoms with E-state index >= 15 is 0 Å². The standard InChI is InChI=1S/C9H7ClF3NO2/c1-4(15)8-6(10)2-5(14)3-7(8)16-9(11,12)13/h2-3H,14H2,1H3. The van der Waals surface area contributed by atoms with Crippen LogP contribution in [-0.4, -0.2) is 12.1 Å². The minimum atomic E-state index is -4.90. The van der Waals surface area contributed by atoms with Crippen LogP contribution in [0.25, 0.3) is 0 Å². The predicted octanol–water partition coefficient (Wildman–Crippen LogP) is 3.02. The van der Waals surface area contributed by atoms with Crippen LogP contribution in [-0.2, 0) is 0 Å². The number of anilines is 1. The Morgan fingerprint density at radius 3 is 2.44 bits per heavy atom. The zero-order valence-corrected chi connectivity index (χ0v) is 8.82. The van der Waals surface area contributed by atoms with Crippen LogP contribution in [0, 0.1) is 0 Å². The first-order valence-electron chi connectivity index (χ1n) is 4.06. The molecule has 1 rings (SSSR count). The van der Waals surface area contributed by atoms with E-state index in [-0.39, 0.29) is 16.3 Å². The maximum atomic E-state index is 12.0. The van der Waals surface area contributed by atoms with Crippen LogP contribution in [0.4, 0.5) is 18.9 Å². The van der Waals surface area contributed by atoms with Crippen molar-refractivity contribution in [3.63, 3.8) is 0 Å². The number of carbonyl (C=O) groups is 1. The van der Waals surface area contributed by atoms with Crippen molar-refractivity contribution < 1.29 is 22.7 Å². The van der Waals surface area contributed by atoms with Gasteiger partial charge in [-0.1, -0.05) is 11.6 Å². The summed E-state index contributed by atoms with van der Waals surface area (Å²) in [6.45, 7) is 1.08. The van der Waals surface area contributed by atoms with E-state index in [2.05, 4.69) is 4.74 Å². The van der Waals surface area contributed by atoms with Crippen molar-refractivity contribution in [1.29, 1.82) is 0 Å². The van der Waals surface area contributed by atoms with E-state index < -0.39 is 17.9 Å². The third kappa shape index (κ3) is 3.03. The topological polar surface area (TPSA) is 52.3 Å². The number of carbonyl (C=O) groups excluding carboxylic acids is 1. The zero-order chi connectivity index (χ0) is 12.5. The monoisotopic (exact) mass is 253 g/mol. The molecule has 16 heavy (non-hydrogen) atoms. The molecular formula is C9H7ClF3NO2. The van der Waals surface area contributed by atoms with Gasteiger partial charge in [-0.05, 0) is 13.0 Å². The largest absolute Gasteiger partial charge is 0.573 e. The van der Waals surface area contributed by atoms with Crippen molar-refractivity contribution in [3.05, 3.63) is 22.7 Å². The number of nitrogen functional groups attached to an aromatic ring is 1. The van der Waals surface area contributed by atoms with Crippen LogP contribution in [0.1, 0.15) is 17.3 Å². The number of hydrogen-bond acceptors (Lipinski definition) is 3. The van der Waals surface area contributed by atoms with Crippen LogP contribution in [0.5, 0.6) is 5.75 Å². The molecule has 0 saturated heterocycles. The molecule has 0 bridgehead atoms. The van der Waals surface area contributed by atoms with Crippen molar-refractivity contribution in [1.82, 2.24) is 0 Å². The van der Waals surface area contributed by atoms with Gasteiger partial charge in [0.2, 0.25) is 0 Å². The number of halogens is 4. The zero-order valence-electron chi connectivity index (χ0n) is 8.06. The van der Waals surface area contributed by atoms with E-state index in [4.69, 9.17) is 17.3 Å². The van der Waals surface area contributed by atoms with Gasteiger partial charge in [0, 0.05) is 11.8 Å². The molecule has 0 atom stereocenters. The van der Waals surface area contributed by atoms with Gasteiger partial charge in [-0.25, -0.2) is 0 Å². The highest BCUT2D eigenvalue weighted by Crippen LogP contribution is 2.33. The lowest BCUT2D eigenvalue weighted by Crippen LogP contribution is -2.19. The number of Topliss-reactive ketones (excluding diaryl/α,β-unsaturated/α-hetero) is 1. The highest BCUT2D eigenvalue weighted by Gasteiger charge is 2.33. The summed E-state index contributed by atoms with van der Waals surface area (Å²) in [6.07, 6.45) is -4.90. The first-order chi connectivity index (χ1) is 7.20. The van der Waals surface area contributed by atoms with Gasteiger partial charge in [0.05, 0.1) is 10.6 Å². The Labute approximate surface area is 93.9 Å². The van der Waals surface area contributed by atoms with Crippen LogP contribution in [0.15, 0.2) is 12.1 Å². The van der Waals surface area contributed by atoms with E-state index in [0.29, 0.717) is 0 Å². The summed E-state index contributed by atoms with van der Waals surface area (Å²) in [5.41, 5.74) is 4.95. The van der Waals surface area contributed by atoms with Crippen molar-refractivity contribution >= 4 is 23.1 Å². The lowest BCUT2D eigenvalue weighted by Gasteiger charge is -2.13. The molecule has 0 spiro atoms. The van der Waals surface area contributed by atoms with Crippen LogP contribution < -0.4 is 10.5 Å². The van der Waals surface area contributed by atoms with Crippen molar-refractivity contribution in [2.75, 3.05) is 5.73 Å². The van der Waals surface area contributed by atoms with Crippen molar-refractivity contribution in [2.24, 2.45) is 0 Å². The predicted molar refractivity (Wildman–Crippen MR) is 52.6 cm³/mol. The summed E-state index contributed by atoms with van der Waals surface area (Å²) < 4.78 is 39.8. The fraction of sp³-hybridized carbons (Fsp3) is 0.222. The molecular weight excluding hydrogens is 247 g/mol. The summed E-state index contributed by atoms with van der Waals surface area (Å²) in [6, 6.07) is 2.08. The first kappa shape index (κ1) is 12.6. The van der Waals surface area contributed by atoms with Gasteiger partial charge in [-0.3, -0.25) is 4.79 Å². The molecule has 0 radical (unpaired) electrons. The van der Waals surface area contributed by atoms with E-state index in [0.717, 1.165) is 13.0 Å². The Hall–Kier alpha value is -1.43. The molecule has 0 amide bonds. The Morgan fingerprint density at radius 2 is 2.00 bits per heavy atom. The number of rotatable bonds is 2. The average molecular weight is 254 g/mol. The normalized spacial score (nSPS) is 11.3. The molecule has 3 nitrogen and oxygen atoms in total. The summed E-state index contributed by atoms with van der Waals surface area (Å²) >= 11 is 5.61. The number of alkyl halides is 3. The second kappa shape index (κ2) is 4.21. The smallest absolute Gasteiger partial charge is 0.405 e. The summed E-state index contributed by atoms with van der Waals surface area (Å²) in [4.78, 5) is 11.1. The lowest BCUT2D eigenvalue weighted by molar-refractivity contribution is -0.274. The summed E-state index contributed by atoms with van der Waals surface area (Å²) in [7, 11) is 0. The summed E-state index contributed by atoms with van der Waals surface area (Å²) in [5, 5.41) is -0.174. The second-order valence-electron chi connectivity index (χ2n) is 2.98. The number of nitrogens with two attached hydrogens (primary N) is 1. The molecule has 1 aromatic carbocycles. The van der Waals surface area contributed by atoms with E-state index in [9.17, 15) is 18.0 Å². The van der Waals surface area contributed by atoms with Gasteiger partial charge in [0.15, 0.2) is 5.78 Å². The molecule has 0 aliphatic heterocycles. The fourth-order valence-corrected chi connectivity index (χ4v) is 1.50. The Kier molecular flexibility index (Phi) is 3.32. The maximum absolute atomic E-state index is 12.0. The molecule has 0 aromatic heterocycles. The molecule has 1 aromatic rings. The molecule has 0 unspecified atom stereocenters. The molecule has 0 fully saturated rings. The van der Waals surface area contributed by atoms with E-state index in [1.165, 1.54) is 6.07 Å². The molecule has 0 saturated carbocycles. The van der Waals surface area contributed by atoms with E-state index in [1.807, 2.05) is 0 Å². The average Bonchev–Trinajstić information content (AvgIpc) is 1.96. The fourth-order valence-electron chi connectivity index (χ4n) is 1.15. The van der Waals surface area contributed by atoms with Gasteiger partial charge in [0.25, 0.3) is 0 Å². The first-order valence-corrected chi connectivity index (χ1v) is 4.44. The quantitative estimate of drug-likeness (QED) is 0.651. The van der Waals surface area contributed by atoms with Crippen LogP contribution in [0.3, 0.4) is 0 Å². The minimum Gasteiger partial charge on any atom is -0.405 e. The van der Waals surface area contributed by atoms with Gasteiger partial charge in [-0.2, -0.15) is 0 Å². The SMILES string of the molecule is CC(=O)c1c(Cl)cc(N)cc1OC(F)(F)F. The van der Waals surface area contributed by atoms with Crippen molar-refractivity contribution in [2.45, 2.75) is 13.3 Å². The Bertz CT molecular complexity index is 431. The van der Waals surface area contributed by atoms with Crippen molar-refractivity contribution in [3.8, 4) is 5.75 Å². The number of benzene rings is 1. The highest BCUT2D eigenvalue weighted by atomic mass is 35.5. The second-order valence-corrected chi connectivity index (χ2v) is 3.39. The van der Waals surface area contributed by atoms with Gasteiger partial charge in [-0.15, -0.1) is 13.2 Å². The Morgan fingerprint density at radius 1 is 1.44 bits per heavy atom. The third-order valence-corrected chi connectivity index (χ3v) is 1.95. The Balaban J connectivity index is 3.30. The molecule has 7 heteroatoms. The molecule has 0 aliphatic carbocycles. The molecule has 88 valence electrons. The number of ketones is 1. The number of hydrogen-bond donors (Lipinski definition) is 1.